The summed E-state index contributed by atoms with van der Waals surface area (Å²) in [4.78, 5) is 21.7. The number of anilines is 2. The lowest BCUT2D eigenvalue weighted by Gasteiger charge is -2.23. The van der Waals surface area contributed by atoms with Crippen LogP contribution in [-0.4, -0.2) is 35.4 Å². The number of benzene rings is 1. The van der Waals surface area contributed by atoms with Crippen molar-refractivity contribution in [3.63, 3.8) is 0 Å². The van der Waals surface area contributed by atoms with E-state index in [9.17, 15) is 4.79 Å². The molecular weight excluding hydrogens is 284 g/mol. The lowest BCUT2D eigenvalue weighted by molar-refractivity contribution is -0.121. The first kappa shape index (κ1) is 14.0. The summed E-state index contributed by atoms with van der Waals surface area (Å²) in [5.41, 5.74) is 6.62. The third-order valence-electron chi connectivity index (χ3n) is 3.75. The van der Waals surface area contributed by atoms with Crippen molar-refractivity contribution in [2.24, 2.45) is 0 Å². The third-order valence-corrected chi connectivity index (χ3v) is 4.57. The molecule has 0 saturated carbocycles. The average Bonchev–Trinajstić information content (AvgIpc) is 3.06. The first-order valence-electron chi connectivity index (χ1n) is 6.92. The summed E-state index contributed by atoms with van der Waals surface area (Å²) < 4.78 is 0. The lowest BCUT2D eigenvalue weighted by Crippen LogP contribution is -2.39. The van der Waals surface area contributed by atoms with Crippen LogP contribution in [0.4, 0.5) is 10.8 Å². The minimum Gasteiger partial charge on any atom is -0.375 e. The fraction of sp³-hybridized carbons (Fsp3) is 0.333. The summed E-state index contributed by atoms with van der Waals surface area (Å²) >= 11 is 1.47. The van der Waals surface area contributed by atoms with Crippen LogP contribution in [0.5, 0.6) is 0 Å². The summed E-state index contributed by atoms with van der Waals surface area (Å²) in [6.45, 7) is 1.47. The maximum Gasteiger partial charge on any atom is 0.244 e. The molecule has 1 amide bonds. The van der Waals surface area contributed by atoms with E-state index in [4.69, 9.17) is 5.73 Å². The van der Waals surface area contributed by atoms with Crippen molar-refractivity contribution in [2.75, 3.05) is 24.2 Å². The smallest absolute Gasteiger partial charge is 0.244 e. The van der Waals surface area contributed by atoms with E-state index in [-0.39, 0.29) is 11.9 Å². The molecule has 0 aliphatic carbocycles. The Balaban J connectivity index is 1.68. The van der Waals surface area contributed by atoms with Crippen molar-refractivity contribution in [1.82, 2.24) is 9.88 Å². The number of nitrogens with zero attached hydrogens (tertiary/aromatic N) is 3. The Labute approximate surface area is 128 Å². The van der Waals surface area contributed by atoms with Gasteiger partial charge in [0.2, 0.25) is 5.91 Å². The van der Waals surface area contributed by atoms with Gasteiger partial charge in [0.25, 0.3) is 0 Å². The molecule has 2 heterocycles. The third kappa shape index (κ3) is 2.91. The number of rotatable bonds is 4. The van der Waals surface area contributed by atoms with Crippen LogP contribution in [0.2, 0.25) is 0 Å². The van der Waals surface area contributed by atoms with Gasteiger partial charge in [-0.05, 0) is 25.6 Å². The number of amides is 1. The van der Waals surface area contributed by atoms with Crippen LogP contribution < -0.4 is 10.6 Å². The number of carbonyl (C=O) groups excluding carboxylic acids is 1. The van der Waals surface area contributed by atoms with Gasteiger partial charge < -0.3 is 10.6 Å². The zero-order valence-corrected chi connectivity index (χ0v) is 12.7. The van der Waals surface area contributed by atoms with Gasteiger partial charge in [-0.3, -0.25) is 9.69 Å². The topological polar surface area (TPSA) is 62.5 Å². The standard InChI is InChI=1S/C15H18N4OS/c1-18(10-12-9-17-15(16)21-12)13-7-8-19(14(13)20)11-5-3-2-4-6-11/h2-6,9,13H,7-8,10H2,1H3,(H2,16,17). The van der Waals surface area contributed by atoms with Gasteiger partial charge in [-0.15, -0.1) is 11.3 Å². The monoisotopic (exact) mass is 302 g/mol. The molecule has 0 radical (unpaired) electrons. The SMILES string of the molecule is CN(Cc1cnc(N)s1)C1CCN(c2ccccc2)C1=O. The zero-order chi connectivity index (χ0) is 14.8. The van der Waals surface area contributed by atoms with E-state index in [1.54, 1.807) is 6.20 Å². The molecule has 1 aliphatic heterocycles. The van der Waals surface area contributed by atoms with E-state index in [0.717, 1.165) is 23.5 Å². The Morgan fingerprint density at radius 3 is 2.86 bits per heavy atom. The normalized spacial score (nSPS) is 18.7. The fourth-order valence-electron chi connectivity index (χ4n) is 2.69. The van der Waals surface area contributed by atoms with Gasteiger partial charge in [0, 0.05) is 29.9 Å². The van der Waals surface area contributed by atoms with Gasteiger partial charge in [-0.25, -0.2) is 4.98 Å². The second kappa shape index (κ2) is 5.83. The second-order valence-electron chi connectivity index (χ2n) is 5.21. The molecule has 1 unspecified atom stereocenters. The van der Waals surface area contributed by atoms with Gasteiger partial charge in [-0.1, -0.05) is 18.2 Å². The zero-order valence-electron chi connectivity index (χ0n) is 11.9. The molecule has 1 saturated heterocycles. The van der Waals surface area contributed by atoms with Crippen LogP contribution >= 0.6 is 11.3 Å². The molecule has 2 aromatic rings. The number of para-hydroxylation sites is 1. The first-order valence-corrected chi connectivity index (χ1v) is 7.73. The molecular formula is C15H18N4OS. The number of hydrogen-bond acceptors (Lipinski definition) is 5. The molecule has 1 atom stereocenters. The number of nitrogens with two attached hydrogens (primary N) is 1. The van der Waals surface area contributed by atoms with Crippen molar-refractivity contribution in [2.45, 2.75) is 19.0 Å². The number of carbonyl (C=O) groups is 1. The molecule has 5 nitrogen and oxygen atoms in total. The van der Waals surface area contributed by atoms with Crippen LogP contribution in [0, 0.1) is 0 Å². The van der Waals surface area contributed by atoms with Crippen LogP contribution in [0.25, 0.3) is 0 Å². The summed E-state index contributed by atoms with van der Waals surface area (Å²) in [5.74, 6) is 0.168. The summed E-state index contributed by atoms with van der Waals surface area (Å²) in [6, 6.07) is 9.75. The summed E-state index contributed by atoms with van der Waals surface area (Å²) in [5, 5.41) is 0.571. The number of thiazole rings is 1. The van der Waals surface area contributed by atoms with Crippen molar-refractivity contribution in [3.8, 4) is 0 Å². The minimum atomic E-state index is -0.0754. The van der Waals surface area contributed by atoms with Crippen LogP contribution in [-0.2, 0) is 11.3 Å². The van der Waals surface area contributed by atoms with E-state index in [1.807, 2.05) is 42.3 Å². The van der Waals surface area contributed by atoms with Crippen molar-refractivity contribution in [3.05, 3.63) is 41.4 Å². The van der Waals surface area contributed by atoms with E-state index >= 15 is 0 Å². The van der Waals surface area contributed by atoms with Gasteiger partial charge in [0.15, 0.2) is 5.13 Å². The minimum absolute atomic E-state index is 0.0754. The van der Waals surface area contributed by atoms with Crippen molar-refractivity contribution in [1.29, 1.82) is 0 Å². The Morgan fingerprint density at radius 2 is 2.19 bits per heavy atom. The maximum atomic E-state index is 12.6. The number of aromatic nitrogens is 1. The Hall–Kier alpha value is -1.92. The Bertz CT molecular complexity index is 628. The summed E-state index contributed by atoms with van der Waals surface area (Å²) in [6.07, 6.45) is 2.63. The number of hydrogen-bond donors (Lipinski definition) is 1. The number of nitrogen functional groups attached to an aromatic ring is 1. The molecule has 21 heavy (non-hydrogen) atoms. The molecule has 6 heteroatoms. The second-order valence-corrected chi connectivity index (χ2v) is 6.36. The molecule has 1 aromatic carbocycles. The predicted octanol–water partition coefficient (Wildman–Crippen LogP) is 1.96. The largest absolute Gasteiger partial charge is 0.375 e. The van der Waals surface area contributed by atoms with Gasteiger partial charge in [0.1, 0.15) is 0 Å². The highest BCUT2D eigenvalue weighted by atomic mass is 32.1. The molecule has 1 aromatic heterocycles. The highest BCUT2D eigenvalue weighted by molar-refractivity contribution is 7.15. The van der Waals surface area contributed by atoms with Crippen LogP contribution in [0.1, 0.15) is 11.3 Å². The molecule has 3 rings (SSSR count). The lowest BCUT2D eigenvalue weighted by atomic mass is 10.2. The highest BCUT2D eigenvalue weighted by Crippen LogP contribution is 2.25. The van der Waals surface area contributed by atoms with Crippen LogP contribution in [0.3, 0.4) is 0 Å². The predicted molar refractivity (Wildman–Crippen MR) is 85.2 cm³/mol. The molecule has 110 valence electrons. The molecule has 1 aliphatic rings. The van der Waals surface area contributed by atoms with E-state index in [1.165, 1.54) is 11.3 Å². The van der Waals surface area contributed by atoms with Crippen molar-refractivity contribution < 1.29 is 4.79 Å². The van der Waals surface area contributed by atoms with E-state index in [0.29, 0.717) is 11.7 Å². The average molecular weight is 302 g/mol. The maximum absolute atomic E-state index is 12.6. The van der Waals surface area contributed by atoms with Gasteiger partial charge in [-0.2, -0.15) is 0 Å². The number of likely N-dealkylation sites (N-methyl/N-ethyl adjacent to an activating group) is 1. The van der Waals surface area contributed by atoms with Gasteiger partial charge >= 0.3 is 0 Å². The quantitative estimate of drug-likeness (QED) is 0.938. The van der Waals surface area contributed by atoms with Crippen LogP contribution in [0.15, 0.2) is 36.5 Å². The van der Waals surface area contributed by atoms with E-state index in [2.05, 4.69) is 9.88 Å². The fourth-order valence-corrected chi connectivity index (χ4v) is 3.44. The summed E-state index contributed by atoms with van der Waals surface area (Å²) in [7, 11) is 1.98. The molecule has 1 fully saturated rings. The van der Waals surface area contributed by atoms with Gasteiger partial charge in [0.05, 0.1) is 6.04 Å². The van der Waals surface area contributed by atoms with E-state index < -0.39 is 0 Å². The molecule has 0 spiro atoms. The van der Waals surface area contributed by atoms with Crippen molar-refractivity contribution >= 4 is 28.1 Å². The first-order chi connectivity index (χ1) is 10.1. The molecule has 2 N–H and O–H groups in total. The Kier molecular flexibility index (Phi) is 3.90. The Morgan fingerprint density at radius 1 is 1.43 bits per heavy atom. The molecule has 0 bridgehead atoms. The highest BCUT2D eigenvalue weighted by Gasteiger charge is 2.35.